The van der Waals surface area contributed by atoms with Crippen molar-refractivity contribution in [2.45, 2.75) is 30.0 Å². The maximum Gasteiger partial charge on any atom is 0.232 e. The predicted molar refractivity (Wildman–Crippen MR) is 118 cm³/mol. The molecule has 1 fully saturated rings. The minimum absolute atomic E-state index is 0.381. The van der Waals surface area contributed by atoms with E-state index < -0.39 is 26.9 Å². The number of thioether (sulfide) groups is 1. The van der Waals surface area contributed by atoms with Crippen LogP contribution in [0.3, 0.4) is 0 Å². The number of rotatable bonds is 8. The molecule has 1 aromatic heterocycles. The highest BCUT2D eigenvalue weighted by Crippen LogP contribution is 2.43. The smallest absolute Gasteiger partial charge is 0.232 e. The molecule has 1 saturated carbocycles. The number of nitrogens with one attached hydrogen (secondary N) is 1. The first-order valence-corrected chi connectivity index (χ1v) is 12.2. The first kappa shape index (κ1) is 21.4. The van der Waals surface area contributed by atoms with E-state index in [9.17, 15) is 13.5 Å². The molecule has 2 aliphatic rings. The molecule has 1 unspecified atom stereocenters. The van der Waals surface area contributed by atoms with Gasteiger partial charge in [-0.05, 0) is 37.3 Å². The van der Waals surface area contributed by atoms with Crippen molar-refractivity contribution in [1.82, 2.24) is 14.7 Å². The highest BCUT2D eigenvalue weighted by atomic mass is 35.5. The average Bonchev–Trinajstić information content (AvgIpc) is 3.52. The maximum atomic E-state index is 12.5. The number of anilines is 1. The number of hydrogen-bond acceptors (Lipinski definition) is 8. The van der Waals surface area contributed by atoms with Gasteiger partial charge in [-0.3, -0.25) is 4.98 Å². The van der Waals surface area contributed by atoms with Gasteiger partial charge in [0, 0.05) is 11.8 Å². The number of nitrogens with zero attached hydrogens (tertiary/aromatic N) is 3. The summed E-state index contributed by atoms with van der Waals surface area (Å²) in [6, 6.07) is 5.30. The largest absolute Gasteiger partial charge is 0.477 e. The molecule has 160 valence electrons. The van der Waals surface area contributed by atoms with Gasteiger partial charge in [0.15, 0.2) is 4.99 Å². The summed E-state index contributed by atoms with van der Waals surface area (Å²) in [6.45, 7) is 1.92. The molecule has 4 rings (SSSR count). The van der Waals surface area contributed by atoms with Gasteiger partial charge in [0.1, 0.15) is 0 Å². The van der Waals surface area contributed by atoms with Crippen molar-refractivity contribution >= 4 is 39.1 Å². The van der Waals surface area contributed by atoms with Crippen molar-refractivity contribution in [2.24, 2.45) is 0 Å². The standard InChI is InChI=1S/C19H21ClN4O4S2/c1-2-28-18-11-21-10-16(22-18)13-3-6-17(15(20)9-13)24-7-8-29-19(24,12-25)23-30(26,27)14-4-5-14/h3,6-11,14,23,25H,2,4-5,12H2,1H3. The molecule has 1 atom stereocenters. The fourth-order valence-electron chi connectivity index (χ4n) is 3.13. The second-order valence-electron chi connectivity index (χ2n) is 6.90. The summed E-state index contributed by atoms with van der Waals surface area (Å²) >= 11 is 7.76. The molecule has 11 heteroatoms. The zero-order chi connectivity index (χ0) is 21.4. The van der Waals surface area contributed by atoms with Crippen LogP contribution in [-0.2, 0) is 10.0 Å². The van der Waals surface area contributed by atoms with E-state index >= 15 is 0 Å². The van der Waals surface area contributed by atoms with Gasteiger partial charge in [0.05, 0.1) is 47.3 Å². The molecule has 0 radical (unpaired) electrons. The summed E-state index contributed by atoms with van der Waals surface area (Å²) in [5.74, 6) is 0.419. The van der Waals surface area contributed by atoms with Gasteiger partial charge in [-0.15, -0.1) is 0 Å². The van der Waals surface area contributed by atoms with Gasteiger partial charge in [0.25, 0.3) is 0 Å². The van der Waals surface area contributed by atoms with E-state index in [1.54, 1.807) is 34.8 Å². The molecule has 8 nitrogen and oxygen atoms in total. The Hall–Kier alpha value is -1.85. The van der Waals surface area contributed by atoms with Crippen molar-refractivity contribution < 1.29 is 18.3 Å². The van der Waals surface area contributed by atoms with Gasteiger partial charge in [-0.1, -0.05) is 29.4 Å². The fraction of sp³-hybridized carbons (Fsp3) is 0.368. The minimum Gasteiger partial charge on any atom is -0.477 e. The van der Waals surface area contributed by atoms with Gasteiger partial charge in [0.2, 0.25) is 15.9 Å². The summed E-state index contributed by atoms with van der Waals surface area (Å²) in [5, 5.41) is 11.8. The lowest BCUT2D eigenvalue weighted by Gasteiger charge is -2.37. The van der Waals surface area contributed by atoms with E-state index in [0.29, 0.717) is 41.7 Å². The Kier molecular flexibility index (Phi) is 5.95. The highest BCUT2D eigenvalue weighted by Gasteiger charge is 2.47. The summed E-state index contributed by atoms with van der Waals surface area (Å²) in [4.78, 5) is 8.93. The van der Waals surface area contributed by atoms with Gasteiger partial charge >= 0.3 is 0 Å². The molecule has 0 bridgehead atoms. The van der Waals surface area contributed by atoms with E-state index in [0.717, 1.165) is 5.56 Å². The third-order valence-electron chi connectivity index (χ3n) is 4.75. The van der Waals surface area contributed by atoms with Crippen LogP contribution < -0.4 is 14.4 Å². The van der Waals surface area contributed by atoms with Crippen LogP contribution in [0.5, 0.6) is 5.88 Å². The lowest BCUT2D eigenvalue weighted by atomic mass is 10.1. The lowest BCUT2D eigenvalue weighted by Crippen LogP contribution is -2.58. The Morgan fingerprint density at radius 1 is 1.40 bits per heavy atom. The van der Waals surface area contributed by atoms with Gasteiger partial charge in [-0.2, -0.15) is 4.72 Å². The second-order valence-corrected chi connectivity index (χ2v) is 10.5. The molecule has 2 heterocycles. The van der Waals surface area contributed by atoms with Crippen molar-refractivity contribution in [2.75, 3.05) is 18.1 Å². The number of halogens is 1. The fourth-order valence-corrected chi connectivity index (χ4v) is 6.22. The van der Waals surface area contributed by atoms with Crippen molar-refractivity contribution in [3.05, 3.63) is 47.2 Å². The zero-order valence-electron chi connectivity index (χ0n) is 16.2. The van der Waals surface area contributed by atoms with E-state index in [4.69, 9.17) is 16.3 Å². The molecule has 0 saturated heterocycles. The predicted octanol–water partition coefficient (Wildman–Crippen LogP) is 2.95. The van der Waals surface area contributed by atoms with Crippen LogP contribution in [0.4, 0.5) is 5.69 Å². The van der Waals surface area contributed by atoms with E-state index in [1.807, 2.05) is 13.0 Å². The van der Waals surface area contributed by atoms with Gasteiger partial charge < -0.3 is 14.7 Å². The molecular formula is C19H21ClN4O4S2. The summed E-state index contributed by atoms with van der Waals surface area (Å²) in [6.07, 6.45) is 6.11. The van der Waals surface area contributed by atoms with Crippen LogP contribution in [0, 0.1) is 0 Å². The van der Waals surface area contributed by atoms with Crippen LogP contribution in [0.15, 0.2) is 42.2 Å². The van der Waals surface area contributed by atoms with Crippen molar-refractivity contribution in [1.29, 1.82) is 0 Å². The Morgan fingerprint density at radius 2 is 2.20 bits per heavy atom. The molecule has 30 heavy (non-hydrogen) atoms. The maximum absolute atomic E-state index is 12.5. The average molecular weight is 469 g/mol. The molecular weight excluding hydrogens is 448 g/mol. The number of hydrogen-bond donors (Lipinski definition) is 2. The summed E-state index contributed by atoms with van der Waals surface area (Å²) in [5.41, 5.74) is 1.90. The Balaban J connectivity index is 1.64. The highest BCUT2D eigenvalue weighted by molar-refractivity contribution is 8.04. The monoisotopic (exact) mass is 468 g/mol. The van der Waals surface area contributed by atoms with E-state index in [-0.39, 0.29) is 0 Å². The number of aliphatic hydroxyl groups is 1. The van der Waals surface area contributed by atoms with Crippen LogP contribution in [0.25, 0.3) is 11.3 Å². The molecule has 1 aromatic carbocycles. The third-order valence-corrected chi connectivity index (χ3v) is 8.23. The van der Waals surface area contributed by atoms with Crippen LogP contribution in [-0.4, -0.2) is 47.0 Å². The topological polar surface area (TPSA) is 105 Å². The molecule has 2 N–H and O–H groups in total. The number of benzene rings is 1. The molecule has 1 aliphatic carbocycles. The lowest BCUT2D eigenvalue weighted by molar-refractivity contribution is 0.243. The van der Waals surface area contributed by atoms with E-state index in [1.165, 1.54) is 18.0 Å². The summed E-state index contributed by atoms with van der Waals surface area (Å²) < 4.78 is 33.2. The second kappa shape index (κ2) is 8.35. The molecule has 2 aromatic rings. The van der Waals surface area contributed by atoms with Gasteiger partial charge in [-0.25, -0.2) is 13.4 Å². The van der Waals surface area contributed by atoms with Crippen molar-refractivity contribution in [3.8, 4) is 17.1 Å². The van der Waals surface area contributed by atoms with Crippen LogP contribution >= 0.6 is 23.4 Å². The molecule has 0 amide bonds. The zero-order valence-corrected chi connectivity index (χ0v) is 18.5. The SMILES string of the molecule is CCOc1cncc(-c2ccc(N3C=CSC3(CO)NS(=O)(=O)C3CC3)c(Cl)c2)n1. The minimum atomic E-state index is -3.54. The molecule has 1 aliphatic heterocycles. The van der Waals surface area contributed by atoms with Crippen LogP contribution in [0.1, 0.15) is 19.8 Å². The summed E-state index contributed by atoms with van der Waals surface area (Å²) in [7, 11) is -3.54. The Bertz CT molecular complexity index is 1080. The Labute approximate surface area is 184 Å². The number of ether oxygens (including phenoxy) is 1. The normalized spacial score (nSPS) is 21.2. The van der Waals surface area contributed by atoms with Crippen molar-refractivity contribution in [3.63, 3.8) is 0 Å². The molecule has 0 spiro atoms. The third kappa shape index (κ3) is 4.15. The number of aliphatic hydroxyl groups excluding tert-OH is 1. The first-order chi connectivity index (χ1) is 14.4. The quantitative estimate of drug-likeness (QED) is 0.609. The van der Waals surface area contributed by atoms with E-state index in [2.05, 4.69) is 14.7 Å². The Morgan fingerprint density at radius 3 is 2.87 bits per heavy atom. The number of sulfonamides is 1. The van der Waals surface area contributed by atoms with Crippen LogP contribution in [0.2, 0.25) is 5.02 Å². The first-order valence-electron chi connectivity index (χ1n) is 9.41. The number of aromatic nitrogens is 2.